The molecule has 1 aliphatic carbocycles. The third-order valence-corrected chi connectivity index (χ3v) is 2.69. The van der Waals surface area contributed by atoms with E-state index in [1.54, 1.807) is 0 Å². The second kappa shape index (κ2) is 2.74. The molecule has 52 valence electrons. The molecule has 1 nitrogen and oxygen atoms in total. The summed E-state index contributed by atoms with van der Waals surface area (Å²) in [7, 11) is 0. The molecule has 0 aromatic rings. The molecule has 0 heterocycles. The molecule has 0 aromatic carbocycles. The SMILES string of the molecule is CC1CC(=O)CCC1S. The Hall–Kier alpha value is 0.0200. The van der Waals surface area contributed by atoms with Crippen LogP contribution < -0.4 is 0 Å². The van der Waals surface area contributed by atoms with Crippen LogP contribution >= 0.6 is 12.6 Å². The van der Waals surface area contributed by atoms with E-state index in [4.69, 9.17) is 0 Å². The largest absolute Gasteiger partial charge is 0.300 e. The molecule has 2 unspecified atom stereocenters. The van der Waals surface area contributed by atoms with Crippen molar-refractivity contribution >= 4 is 18.4 Å². The van der Waals surface area contributed by atoms with Crippen molar-refractivity contribution in [2.75, 3.05) is 0 Å². The topological polar surface area (TPSA) is 17.1 Å². The highest BCUT2D eigenvalue weighted by atomic mass is 32.1. The molecule has 1 fully saturated rings. The second-order valence-electron chi connectivity index (χ2n) is 2.83. The Bertz CT molecular complexity index is 122. The van der Waals surface area contributed by atoms with Crippen LogP contribution in [0.4, 0.5) is 0 Å². The predicted octanol–water partition coefficient (Wildman–Crippen LogP) is 1.67. The van der Waals surface area contributed by atoms with Gasteiger partial charge in [-0.15, -0.1) is 0 Å². The first-order chi connectivity index (χ1) is 4.20. The highest BCUT2D eigenvalue weighted by molar-refractivity contribution is 7.81. The van der Waals surface area contributed by atoms with Crippen molar-refractivity contribution in [3.8, 4) is 0 Å². The zero-order valence-corrected chi connectivity index (χ0v) is 6.53. The fourth-order valence-electron chi connectivity index (χ4n) is 1.19. The van der Waals surface area contributed by atoms with Gasteiger partial charge in [-0.05, 0) is 12.3 Å². The number of thiol groups is 1. The Morgan fingerprint density at radius 2 is 2.33 bits per heavy atom. The van der Waals surface area contributed by atoms with Gasteiger partial charge < -0.3 is 0 Å². The average Bonchev–Trinajstić information content (AvgIpc) is 1.80. The van der Waals surface area contributed by atoms with E-state index in [-0.39, 0.29) is 0 Å². The molecule has 0 saturated heterocycles. The number of hydrogen-bond acceptors (Lipinski definition) is 2. The van der Waals surface area contributed by atoms with E-state index < -0.39 is 0 Å². The van der Waals surface area contributed by atoms with Crippen LogP contribution in [0.2, 0.25) is 0 Å². The summed E-state index contributed by atoms with van der Waals surface area (Å²) in [5.74, 6) is 0.905. The van der Waals surface area contributed by atoms with Crippen molar-refractivity contribution in [3.05, 3.63) is 0 Å². The van der Waals surface area contributed by atoms with Gasteiger partial charge in [0.15, 0.2) is 0 Å². The zero-order valence-electron chi connectivity index (χ0n) is 5.63. The van der Waals surface area contributed by atoms with Gasteiger partial charge in [0.2, 0.25) is 0 Å². The Morgan fingerprint density at radius 3 is 2.78 bits per heavy atom. The van der Waals surface area contributed by atoms with E-state index in [0.29, 0.717) is 17.0 Å². The number of ketones is 1. The van der Waals surface area contributed by atoms with Crippen LogP contribution in [0.5, 0.6) is 0 Å². The van der Waals surface area contributed by atoms with Crippen LogP contribution in [0.1, 0.15) is 26.2 Å². The standard InChI is InChI=1S/C7H12OS/c1-5-4-6(8)2-3-7(5)9/h5,7,9H,2-4H2,1H3. The van der Waals surface area contributed by atoms with Crippen LogP contribution in [-0.2, 0) is 4.79 Å². The van der Waals surface area contributed by atoms with E-state index in [9.17, 15) is 4.79 Å². The molecule has 2 heteroatoms. The Labute approximate surface area is 61.2 Å². The summed E-state index contributed by atoms with van der Waals surface area (Å²) in [5.41, 5.74) is 0. The van der Waals surface area contributed by atoms with Gasteiger partial charge in [0.1, 0.15) is 5.78 Å². The number of Topliss-reactive ketones (excluding diaryl/α,β-unsaturated/α-hetero) is 1. The first kappa shape index (κ1) is 7.13. The number of carbonyl (C=O) groups is 1. The molecule has 9 heavy (non-hydrogen) atoms. The molecule has 0 N–H and O–H groups in total. The average molecular weight is 144 g/mol. The highest BCUT2D eigenvalue weighted by Gasteiger charge is 2.22. The summed E-state index contributed by atoms with van der Waals surface area (Å²) in [5, 5.41) is 0.461. The maximum absolute atomic E-state index is 10.8. The van der Waals surface area contributed by atoms with Gasteiger partial charge in [-0.1, -0.05) is 6.92 Å². The van der Waals surface area contributed by atoms with Crippen molar-refractivity contribution in [2.45, 2.75) is 31.4 Å². The molecular weight excluding hydrogens is 132 g/mol. The lowest BCUT2D eigenvalue weighted by molar-refractivity contribution is -0.121. The van der Waals surface area contributed by atoms with Crippen LogP contribution in [0.3, 0.4) is 0 Å². The molecular formula is C7H12OS. The predicted molar refractivity (Wildman–Crippen MR) is 40.8 cm³/mol. The maximum atomic E-state index is 10.8. The second-order valence-corrected chi connectivity index (χ2v) is 3.49. The third kappa shape index (κ3) is 1.71. The lowest BCUT2D eigenvalue weighted by Crippen LogP contribution is -2.22. The molecule has 0 aromatic heterocycles. The monoisotopic (exact) mass is 144 g/mol. The van der Waals surface area contributed by atoms with Crippen molar-refractivity contribution in [2.24, 2.45) is 5.92 Å². The van der Waals surface area contributed by atoms with Gasteiger partial charge in [-0.25, -0.2) is 0 Å². The van der Waals surface area contributed by atoms with Gasteiger partial charge >= 0.3 is 0 Å². The van der Waals surface area contributed by atoms with Gasteiger partial charge in [0.05, 0.1) is 0 Å². The van der Waals surface area contributed by atoms with Gasteiger partial charge in [-0.3, -0.25) is 4.79 Å². The molecule has 1 aliphatic rings. The highest BCUT2D eigenvalue weighted by Crippen LogP contribution is 2.25. The minimum Gasteiger partial charge on any atom is -0.300 e. The van der Waals surface area contributed by atoms with Crippen LogP contribution in [0.15, 0.2) is 0 Å². The number of carbonyl (C=O) groups excluding carboxylic acids is 1. The van der Waals surface area contributed by atoms with Crippen molar-refractivity contribution in [1.82, 2.24) is 0 Å². The van der Waals surface area contributed by atoms with Crippen molar-refractivity contribution in [1.29, 1.82) is 0 Å². The summed E-state index contributed by atoms with van der Waals surface area (Å²) in [6.45, 7) is 2.09. The first-order valence-corrected chi connectivity index (χ1v) is 3.91. The molecule has 0 bridgehead atoms. The van der Waals surface area contributed by atoms with E-state index in [1.165, 1.54) is 0 Å². The van der Waals surface area contributed by atoms with Crippen LogP contribution in [0.25, 0.3) is 0 Å². The molecule has 2 atom stereocenters. The Balaban J connectivity index is 2.44. The van der Waals surface area contributed by atoms with E-state index >= 15 is 0 Å². The molecule has 0 spiro atoms. The van der Waals surface area contributed by atoms with Crippen LogP contribution in [0, 0.1) is 5.92 Å². The Kier molecular flexibility index (Phi) is 2.17. The van der Waals surface area contributed by atoms with E-state index in [1.807, 2.05) is 0 Å². The van der Waals surface area contributed by atoms with E-state index in [0.717, 1.165) is 19.3 Å². The normalized spacial score (nSPS) is 36.9. The summed E-state index contributed by atoms with van der Waals surface area (Å²) in [6, 6.07) is 0. The minimum absolute atomic E-state index is 0.410. The Morgan fingerprint density at radius 1 is 1.67 bits per heavy atom. The fraction of sp³-hybridized carbons (Fsp3) is 0.857. The first-order valence-electron chi connectivity index (χ1n) is 3.40. The van der Waals surface area contributed by atoms with Crippen molar-refractivity contribution < 1.29 is 4.79 Å². The zero-order chi connectivity index (χ0) is 6.85. The molecule has 1 rings (SSSR count). The molecule has 0 aliphatic heterocycles. The summed E-state index contributed by atoms with van der Waals surface area (Å²) < 4.78 is 0. The molecule has 0 radical (unpaired) electrons. The van der Waals surface area contributed by atoms with Gasteiger partial charge in [0.25, 0.3) is 0 Å². The smallest absolute Gasteiger partial charge is 0.133 e. The van der Waals surface area contributed by atoms with Crippen LogP contribution in [-0.4, -0.2) is 11.0 Å². The lowest BCUT2D eigenvalue weighted by Gasteiger charge is -2.22. The summed E-state index contributed by atoms with van der Waals surface area (Å²) in [4.78, 5) is 10.8. The fourth-order valence-corrected chi connectivity index (χ4v) is 1.43. The summed E-state index contributed by atoms with van der Waals surface area (Å²) >= 11 is 4.34. The van der Waals surface area contributed by atoms with Crippen molar-refractivity contribution in [3.63, 3.8) is 0 Å². The number of hydrogen-bond donors (Lipinski definition) is 1. The maximum Gasteiger partial charge on any atom is 0.133 e. The molecule has 0 amide bonds. The van der Waals surface area contributed by atoms with Gasteiger partial charge in [-0.2, -0.15) is 12.6 Å². The van der Waals surface area contributed by atoms with Gasteiger partial charge in [0, 0.05) is 18.1 Å². The lowest BCUT2D eigenvalue weighted by atomic mass is 9.89. The summed E-state index contributed by atoms with van der Waals surface area (Å²) in [6.07, 6.45) is 2.47. The minimum atomic E-state index is 0.410. The molecule has 1 saturated carbocycles. The van der Waals surface area contributed by atoms with E-state index in [2.05, 4.69) is 19.6 Å². The third-order valence-electron chi connectivity index (χ3n) is 1.93. The number of rotatable bonds is 0. The quantitative estimate of drug-likeness (QED) is 0.512.